The maximum atomic E-state index is 10.6. The first-order valence-corrected chi connectivity index (χ1v) is 3.71. The van der Waals surface area contributed by atoms with Crippen LogP contribution in [0, 0.1) is 11.3 Å². The molecule has 70 valence electrons. The van der Waals surface area contributed by atoms with E-state index >= 15 is 0 Å². The third-order valence-electron chi connectivity index (χ3n) is 1.54. The molecule has 1 saturated heterocycles. The third-order valence-corrected chi connectivity index (χ3v) is 1.54. The van der Waals surface area contributed by atoms with Crippen LogP contribution in [0.15, 0.2) is 0 Å². The summed E-state index contributed by atoms with van der Waals surface area (Å²) < 4.78 is 0. The summed E-state index contributed by atoms with van der Waals surface area (Å²) in [6, 6.07) is 1.75. The summed E-state index contributed by atoms with van der Waals surface area (Å²) in [7, 11) is 2.05. The van der Waals surface area contributed by atoms with E-state index in [-0.39, 0.29) is 17.0 Å². The molecule has 1 fully saturated rings. The van der Waals surface area contributed by atoms with Gasteiger partial charge in [0.15, 0.2) is 0 Å². The number of carbonyl (C=O) groups excluding carboxylic acids is 1. The first kappa shape index (κ1) is 14.1. The number of hydrogen-bond acceptors (Lipinski definition) is 3. The van der Waals surface area contributed by atoms with Crippen molar-refractivity contribution in [3.05, 3.63) is 0 Å². The maximum Gasteiger partial charge on any atom is 0.135 e. The van der Waals surface area contributed by atoms with Crippen molar-refractivity contribution >= 4 is 22.8 Å². The van der Waals surface area contributed by atoms with Gasteiger partial charge < -0.3 is 4.90 Å². The van der Waals surface area contributed by atoms with E-state index in [1.54, 1.807) is 6.07 Å². The van der Waals surface area contributed by atoms with Crippen LogP contribution in [0.1, 0.15) is 19.8 Å². The zero-order valence-corrected chi connectivity index (χ0v) is 9.25. The largest absolute Gasteiger partial charge is 0.305 e. The van der Waals surface area contributed by atoms with Crippen molar-refractivity contribution in [3.63, 3.8) is 0 Å². The predicted molar refractivity (Wildman–Crippen MR) is 53.3 cm³/mol. The van der Waals surface area contributed by atoms with Crippen molar-refractivity contribution in [1.82, 2.24) is 4.90 Å². The lowest BCUT2D eigenvalue weighted by molar-refractivity contribution is -0.121. The Labute approximate surface area is 84.1 Å². The summed E-state index contributed by atoms with van der Waals surface area (Å²) >= 11 is 0. The molecule has 3 nitrogen and oxygen atoms in total. The van der Waals surface area contributed by atoms with Gasteiger partial charge in [-0.1, -0.05) is 0 Å². The van der Waals surface area contributed by atoms with Crippen LogP contribution >= 0.6 is 17.0 Å². The quantitative estimate of drug-likeness (QED) is 0.637. The van der Waals surface area contributed by atoms with Crippen LogP contribution < -0.4 is 0 Å². The highest BCUT2D eigenvalue weighted by Crippen LogP contribution is 2.01. The molecule has 0 saturated carbocycles. The zero-order valence-electron chi connectivity index (χ0n) is 7.54. The van der Waals surface area contributed by atoms with Crippen LogP contribution in [0.4, 0.5) is 0 Å². The minimum absolute atomic E-state index is 0. The number of carbonyl (C=O) groups is 1. The SMILES string of the molecule is Br.CC#N.CN1CCC(=O)CC1. The zero-order chi connectivity index (χ0) is 8.69. The molecule has 0 N–H and O–H groups in total. The van der Waals surface area contributed by atoms with Crippen molar-refractivity contribution in [1.29, 1.82) is 5.26 Å². The molecule has 1 rings (SSSR count). The molecule has 1 aliphatic heterocycles. The Morgan fingerprint density at radius 1 is 1.42 bits per heavy atom. The third kappa shape index (κ3) is 7.70. The van der Waals surface area contributed by atoms with Gasteiger partial charge in [0.05, 0.1) is 6.07 Å². The lowest BCUT2D eigenvalue weighted by atomic mass is 10.1. The second-order valence-electron chi connectivity index (χ2n) is 2.57. The Kier molecular flexibility index (Phi) is 10.2. The summed E-state index contributed by atoms with van der Waals surface area (Å²) in [4.78, 5) is 12.8. The van der Waals surface area contributed by atoms with E-state index in [4.69, 9.17) is 5.26 Å². The Morgan fingerprint density at radius 3 is 2.00 bits per heavy atom. The van der Waals surface area contributed by atoms with Crippen molar-refractivity contribution in [2.45, 2.75) is 19.8 Å². The number of nitriles is 1. The average molecular weight is 235 g/mol. The van der Waals surface area contributed by atoms with Crippen molar-refractivity contribution in [2.75, 3.05) is 20.1 Å². The van der Waals surface area contributed by atoms with Gasteiger partial charge in [0.2, 0.25) is 0 Å². The lowest BCUT2D eigenvalue weighted by Crippen LogP contribution is -2.29. The van der Waals surface area contributed by atoms with Crippen molar-refractivity contribution in [3.8, 4) is 6.07 Å². The topological polar surface area (TPSA) is 44.1 Å². The molecule has 0 unspecified atom stereocenters. The average Bonchev–Trinajstić information content (AvgIpc) is 1.97. The van der Waals surface area contributed by atoms with Crippen LogP contribution in [0.3, 0.4) is 0 Å². The highest BCUT2D eigenvalue weighted by atomic mass is 79.9. The van der Waals surface area contributed by atoms with Gasteiger partial charge in [-0.25, -0.2) is 0 Å². The van der Waals surface area contributed by atoms with Gasteiger partial charge in [-0.2, -0.15) is 5.26 Å². The number of Topliss-reactive ketones (excluding diaryl/α,β-unsaturated/α-hetero) is 1. The lowest BCUT2D eigenvalue weighted by Gasteiger charge is -2.19. The minimum atomic E-state index is 0. The van der Waals surface area contributed by atoms with Gasteiger partial charge in [-0.05, 0) is 7.05 Å². The highest BCUT2D eigenvalue weighted by molar-refractivity contribution is 8.93. The molecule has 1 aliphatic rings. The Bertz CT molecular complexity index is 155. The standard InChI is InChI=1S/C6H11NO.C2H3N.BrH/c1-7-4-2-6(8)3-5-7;1-2-3;/h2-5H2,1H3;1H3;1H. The summed E-state index contributed by atoms with van der Waals surface area (Å²) in [5, 5.41) is 7.32. The van der Waals surface area contributed by atoms with E-state index in [1.165, 1.54) is 6.92 Å². The molecular weight excluding hydrogens is 220 g/mol. The second kappa shape index (κ2) is 8.69. The Hall–Kier alpha value is -0.400. The molecule has 0 bridgehead atoms. The van der Waals surface area contributed by atoms with Crippen LogP contribution in [0.2, 0.25) is 0 Å². The van der Waals surface area contributed by atoms with Gasteiger partial charge in [0, 0.05) is 32.9 Å². The molecule has 12 heavy (non-hydrogen) atoms. The summed E-state index contributed by atoms with van der Waals surface area (Å²) in [6.07, 6.45) is 1.52. The maximum absolute atomic E-state index is 10.6. The monoisotopic (exact) mass is 234 g/mol. The van der Waals surface area contributed by atoms with Crippen LogP contribution in [0.5, 0.6) is 0 Å². The summed E-state index contributed by atoms with van der Waals surface area (Å²) in [6.45, 7) is 3.34. The van der Waals surface area contributed by atoms with Crippen LogP contribution in [0.25, 0.3) is 0 Å². The number of rotatable bonds is 0. The fourth-order valence-electron chi connectivity index (χ4n) is 0.868. The number of nitrogens with zero attached hydrogens (tertiary/aromatic N) is 2. The Balaban J connectivity index is 0. The summed E-state index contributed by atoms with van der Waals surface area (Å²) in [5.74, 6) is 0.420. The van der Waals surface area contributed by atoms with Gasteiger partial charge in [-0.15, -0.1) is 17.0 Å². The van der Waals surface area contributed by atoms with E-state index < -0.39 is 0 Å². The van der Waals surface area contributed by atoms with E-state index in [1.807, 2.05) is 7.05 Å². The van der Waals surface area contributed by atoms with Gasteiger partial charge >= 0.3 is 0 Å². The van der Waals surface area contributed by atoms with Gasteiger partial charge in [0.1, 0.15) is 5.78 Å². The highest BCUT2D eigenvalue weighted by Gasteiger charge is 2.10. The van der Waals surface area contributed by atoms with Crippen molar-refractivity contribution < 1.29 is 4.79 Å². The molecular formula is C8H15BrN2O. The van der Waals surface area contributed by atoms with Crippen molar-refractivity contribution in [2.24, 2.45) is 0 Å². The fraction of sp³-hybridized carbons (Fsp3) is 0.750. The number of likely N-dealkylation sites (tertiary alicyclic amines) is 1. The van der Waals surface area contributed by atoms with E-state index in [9.17, 15) is 4.79 Å². The molecule has 0 spiro atoms. The first-order valence-electron chi connectivity index (χ1n) is 3.71. The fourth-order valence-corrected chi connectivity index (χ4v) is 0.868. The number of piperidine rings is 1. The number of hydrogen-bond donors (Lipinski definition) is 0. The molecule has 0 radical (unpaired) electrons. The number of ketones is 1. The molecule has 4 heteroatoms. The van der Waals surface area contributed by atoms with Gasteiger partial charge in [0.25, 0.3) is 0 Å². The molecule has 0 aromatic rings. The first-order chi connectivity index (χ1) is 5.20. The van der Waals surface area contributed by atoms with Crippen LogP contribution in [-0.4, -0.2) is 30.8 Å². The number of halogens is 1. The predicted octanol–water partition coefficient (Wildman–Crippen LogP) is 1.39. The molecule has 0 atom stereocenters. The minimum Gasteiger partial charge on any atom is -0.305 e. The molecule has 1 heterocycles. The molecule has 0 aromatic heterocycles. The van der Waals surface area contributed by atoms with Crippen LogP contribution in [-0.2, 0) is 4.79 Å². The summed E-state index contributed by atoms with van der Waals surface area (Å²) in [5.41, 5.74) is 0. The normalized spacial score (nSPS) is 16.6. The van der Waals surface area contributed by atoms with E-state index in [2.05, 4.69) is 4.90 Å². The smallest absolute Gasteiger partial charge is 0.135 e. The molecule has 0 amide bonds. The molecule has 0 aromatic carbocycles. The Morgan fingerprint density at radius 2 is 1.75 bits per heavy atom. The van der Waals surface area contributed by atoms with E-state index in [0.29, 0.717) is 5.78 Å². The van der Waals surface area contributed by atoms with E-state index in [0.717, 1.165) is 25.9 Å². The van der Waals surface area contributed by atoms with Gasteiger partial charge in [-0.3, -0.25) is 4.79 Å². The molecule has 0 aliphatic carbocycles. The second-order valence-corrected chi connectivity index (χ2v) is 2.57.